The van der Waals surface area contributed by atoms with Crippen molar-refractivity contribution in [3.05, 3.63) is 65.6 Å². The molecule has 3 rings (SSSR count). The minimum absolute atomic E-state index is 0.248. The zero-order valence-corrected chi connectivity index (χ0v) is 12.8. The van der Waals surface area contributed by atoms with Crippen molar-refractivity contribution in [3.63, 3.8) is 0 Å². The minimum Gasteiger partial charge on any atom is -0.390 e. The fourth-order valence-corrected chi connectivity index (χ4v) is 3.40. The molecule has 3 aromatic rings. The number of carbonyl (C=O) groups excluding carboxylic acids is 1. The maximum absolute atomic E-state index is 13.1. The van der Waals surface area contributed by atoms with Crippen LogP contribution in [0.3, 0.4) is 0 Å². The summed E-state index contributed by atoms with van der Waals surface area (Å²) in [6, 6.07) is 12.9. The second kappa shape index (κ2) is 6.28. The molecule has 0 spiro atoms. The molecule has 1 heterocycles. The minimum atomic E-state index is -0.537. The number of thiazole rings is 1. The van der Waals surface area contributed by atoms with Gasteiger partial charge in [-0.2, -0.15) is 0 Å². The lowest BCUT2D eigenvalue weighted by Gasteiger charge is -2.02. The van der Waals surface area contributed by atoms with Gasteiger partial charge >= 0.3 is 0 Å². The van der Waals surface area contributed by atoms with Crippen LogP contribution in [-0.4, -0.2) is 16.0 Å². The molecule has 0 saturated heterocycles. The van der Waals surface area contributed by atoms with E-state index in [4.69, 9.17) is 5.73 Å². The molecule has 23 heavy (non-hydrogen) atoms. The average Bonchev–Trinajstić information content (AvgIpc) is 2.99. The number of nitrogens with two attached hydrogens (primary N) is 1. The maximum atomic E-state index is 13.1. The highest BCUT2D eigenvalue weighted by Gasteiger charge is 2.17. The Labute approximate surface area is 136 Å². The van der Waals surface area contributed by atoms with Gasteiger partial charge in [-0.15, -0.1) is 11.3 Å². The number of amides is 1. The summed E-state index contributed by atoms with van der Waals surface area (Å²) in [6.07, 6.45) is 0. The SMILES string of the molecule is NC(=O)c1ccccc1-c1nc(CO)c(-c2ccc(F)cc2)s1. The van der Waals surface area contributed by atoms with E-state index in [1.165, 1.54) is 23.5 Å². The van der Waals surface area contributed by atoms with E-state index in [0.717, 1.165) is 10.4 Å². The van der Waals surface area contributed by atoms with Crippen molar-refractivity contribution >= 4 is 17.2 Å². The van der Waals surface area contributed by atoms with Crippen molar-refractivity contribution in [2.45, 2.75) is 6.61 Å². The Bertz CT molecular complexity index is 859. The van der Waals surface area contributed by atoms with Crippen LogP contribution in [0.5, 0.6) is 0 Å². The third-order valence-corrected chi connectivity index (χ3v) is 4.56. The first-order valence-corrected chi connectivity index (χ1v) is 7.67. The maximum Gasteiger partial charge on any atom is 0.249 e. The van der Waals surface area contributed by atoms with Gasteiger partial charge in [0, 0.05) is 11.1 Å². The Hall–Kier alpha value is -2.57. The van der Waals surface area contributed by atoms with Crippen LogP contribution in [0.15, 0.2) is 48.5 Å². The van der Waals surface area contributed by atoms with Gasteiger partial charge < -0.3 is 10.8 Å². The molecule has 0 bridgehead atoms. The van der Waals surface area contributed by atoms with E-state index in [-0.39, 0.29) is 12.4 Å². The zero-order chi connectivity index (χ0) is 16.4. The number of primary amides is 1. The van der Waals surface area contributed by atoms with Crippen molar-refractivity contribution in [2.24, 2.45) is 5.73 Å². The molecule has 2 aromatic carbocycles. The molecular weight excluding hydrogens is 315 g/mol. The summed E-state index contributed by atoms with van der Waals surface area (Å²) in [6.45, 7) is -0.248. The summed E-state index contributed by atoms with van der Waals surface area (Å²) in [4.78, 5) is 16.7. The molecular formula is C17H13FN2O2S. The molecule has 0 aliphatic rings. The first-order chi connectivity index (χ1) is 11.1. The number of carbonyl (C=O) groups is 1. The molecule has 0 atom stereocenters. The lowest BCUT2D eigenvalue weighted by atomic mass is 10.1. The summed E-state index contributed by atoms with van der Waals surface area (Å²) >= 11 is 1.33. The van der Waals surface area contributed by atoms with Crippen LogP contribution in [0, 0.1) is 5.82 Å². The van der Waals surface area contributed by atoms with Crippen LogP contribution < -0.4 is 5.73 Å². The van der Waals surface area contributed by atoms with Crippen LogP contribution in [0.25, 0.3) is 21.0 Å². The highest BCUT2D eigenvalue weighted by molar-refractivity contribution is 7.18. The number of rotatable bonds is 4. The Morgan fingerprint density at radius 3 is 2.52 bits per heavy atom. The number of halogens is 1. The lowest BCUT2D eigenvalue weighted by Crippen LogP contribution is -2.12. The Balaban J connectivity index is 2.13. The number of aliphatic hydroxyl groups is 1. The van der Waals surface area contributed by atoms with Crippen molar-refractivity contribution in [2.75, 3.05) is 0 Å². The van der Waals surface area contributed by atoms with Crippen molar-refractivity contribution < 1.29 is 14.3 Å². The topological polar surface area (TPSA) is 76.2 Å². The van der Waals surface area contributed by atoms with Gasteiger partial charge in [-0.25, -0.2) is 9.37 Å². The van der Waals surface area contributed by atoms with E-state index in [1.54, 1.807) is 36.4 Å². The Morgan fingerprint density at radius 2 is 1.87 bits per heavy atom. The second-order valence-electron chi connectivity index (χ2n) is 4.87. The number of hydrogen-bond acceptors (Lipinski definition) is 4. The molecule has 4 nitrogen and oxygen atoms in total. The van der Waals surface area contributed by atoms with E-state index in [2.05, 4.69) is 4.98 Å². The van der Waals surface area contributed by atoms with E-state index in [0.29, 0.717) is 21.8 Å². The fraction of sp³-hybridized carbons (Fsp3) is 0.0588. The predicted octanol–water partition coefficient (Wildman–Crippen LogP) is 3.21. The first-order valence-electron chi connectivity index (χ1n) is 6.86. The van der Waals surface area contributed by atoms with Gasteiger partial charge in [0.2, 0.25) is 5.91 Å². The van der Waals surface area contributed by atoms with E-state index in [9.17, 15) is 14.3 Å². The molecule has 0 radical (unpaired) electrons. The monoisotopic (exact) mass is 328 g/mol. The molecule has 1 amide bonds. The Kier molecular flexibility index (Phi) is 4.18. The molecule has 0 fully saturated rings. The average molecular weight is 328 g/mol. The van der Waals surface area contributed by atoms with Crippen LogP contribution in [0.1, 0.15) is 16.1 Å². The van der Waals surface area contributed by atoms with Gasteiger partial charge in [-0.1, -0.05) is 30.3 Å². The zero-order valence-electron chi connectivity index (χ0n) is 12.0. The molecule has 0 unspecified atom stereocenters. The molecule has 0 aliphatic carbocycles. The van der Waals surface area contributed by atoms with Crippen LogP contribution in [-0.2, 0) is 6.61 Å². The number of benzene rings is 2. The number of aromatic nitrogens is 1. The van der Waals surface area contributed by atoms with Crippen LogP contribution in [0.4, 0.5) is 4.39 Å². The highest BCUT2D eigenvalue weighted by atomic mass is 32.1. The first kappa shape index (κ1) is 15.3. The van der Waals surface area contributed by atoms with Gasteiger partial charge in [0.1, 0.15) is 10.8 Å². The summed E-state index contributed by atoms with van der Waals surface area (Å²) in [5, 5.41) is 10.1. The third-order valence-electron chi connectivity index (χ3n) is 3.38. The van der Waals surface area contributed by atoms with Crippen LogP contribution >= 0.6 is 11.3 Å². The number of hydrogen-bond donors (Lipinski definition) is 2. The standard InChI is InChI=1S/C17H13FN2O2S/c18-11-7-5-10(6-8-11)15-14(9-21)20-17(23-15)13-4-2-1-3-12(13)16(19)22/h1-8,21H,9H2,(H2,19,22). The normalized spacial score (nSPS) is 10.7. The lowest BCUT2D eigenvalue weighted by molar-refractivity contribution is 0.100. The highest BCUT2D eigenvalue weighted by Crippen LogP contribution is 2.36. The third kappa shape index (κ3) is 2.99. The van der Waals surface area contributed by atoms with Gasteiger partial charge in [0.05, 0.1) is 17.2 Å². The number of aliphatic hydroxyl groups excluding tert-OH is 1. The van der Waals surface area contributed by atoms with Crippen molar-refractivity contribution in [1.82, 2.24) is 4.98 Å². The van der Waals surface area contributed by atoms with E-state index in [1.807, 2.05) is 0 Å². The summed E-state index contributed by atoms with van der Waals surface area (Å²) in [5.74, 6) is -0.868. The molecule has 6 heteroatoms. The summed E-state index contributed by atoms with van der Waals surface area (Å²) < 4.78 is 13.1. The molecule has 116 valence electrons. The van der Waals surface area contributed by atoms with Gasteiger partial charge in [-0.3, -0.25) is 4.79 Å². The molecule has 3 N–H and O–H groups in total. The fourth-order valence-electron chi connectivity index (χ4n) is 2.29. The predicted molar refractivity (Wildman–Crippen MR) is 87.4 cm³/mol. The molecule has 1 aromatic heterocycles. The largest absolute Gasteiger partial charge is 0.390 e. The Morgan fingerprint density at radius 1 is 1.17 bits per heavy atom. The summed E-state index contributed by atoms with van der Waals surface area (Å²) in [7, 11) is 0. The van der Waals surface area contributed by atoms with Gasteiger partial charge in [-0.05, 0) is 23.8 Å². The smallest absolute Gasteiger partial charge is 0.249 e. The second-order valence-corrected chi connectivity index (χ2v) is 5.87. The quantitative estimate of drug-likeness (QED) is 0.772. The van der Waals surface area contributed by atoms with Gasteiger partial charge in [0.25, 0.3) is 0 Å². The van der Waals surface area contributed by atoms with Crippen molar-refractivity contribution in [3.8, 4) is 21.0 Å². The number of nitrogens with zero attached hydrogens (tertiary/aromatic N) is 1. The van der Waals surface area contributed by atoms with Gasteiger partial charge in [0.15, 0.2) is 0 Å². The van der Waals surface area contributed by atoms with Crippen LogP contribution in [0.2, 0.25) is 0 Å². The van der Waals surface area contributed by atoms with E-state index >= 15 is 0 Å². The molecule has 0 aliphatic heterocycles. The molecule has 0 saturated carbocycles. The van der Waals surface area contributed by atoms with E-state index < -0.39 is 5.91 Å². The van der Waals surface area contributed by atoms with Crippen molar-refractivity contribution in [1.29, 1.82) is 0 Å². The summed E-state index contributed by atoms with van der Waals surface area (Å²) in [5.41, 5.74) is 7.64.